The molecule has 0 radical (unpaired) electrons. The maximum Gasteiger partial charge on any atom is 0.218 e. The van der Waals surface area contributed by atoms with Crippen molar-refractivity contribution < 1.29 is 9.47 Å². The van der Waals surface area contributed by atoms with E-state index in [0.717, 1.165) is 27.8 Å². The van der Waals surface area contributed by atoms with E-state index in [4.69, 9.17) is 21.1 Å². The van der Waals surface area contributed by atoms with E-state index < -0.39 is 0 Å². The lowest BCUT2D eigenvalue weighted by molar-refractivity contribution is 0.291. The molecule has 4 nitrogen and oxygen atoms in total. The van der Waals surface area contributed by atoms with E-state index in [-0.39, 0.29) is 0 Å². The summed E-state index contributed by atoms with van der Waals surface area (Å²) in [6, 6.07) is 15.6. The molecule has 1 heterocycles. The molecule has 0 aliphatic heterocycles. The molecule has 24 heavy (non-hydrogen) atoms. The predicted octanol–water partition coefficient (Wildman–Crippen LogP) is 4.20. The second kappa shape index (κ2) is 7.51. The van der Waals surface area contributed by atoms with Gasteiger partial charge in [0.05, 0.1) is 12.6 Å². The summed E-state index contributed by atoms with van der Waals surface area (Å²) in [5.41, 5.74) is 2.77. The summed E-state index contributed by atoms with van der Waals surface area (Å²) in [4.78, 5) is 4.66. The number of nitrogens with zero attached hydrogens (tertiary/aromatic N) is 1. The normalized spacial score (nSPS) is 10.8. The minimum absolute atomic E-state index is 0.374. The third-order valence-corrected chi connectivity index (χ3v) is 4.12. The fraction of sp³-hybridized carbons (Fsp3) is 0.211. The van der Waals surface area contributed by atoms with Gasteiger partial charge < -0.3 is 14.8 Å². The Labute approximate surface area is 146 Å². The van der Waals surface area contributed by atoms with Crippen LogP contribution in [0.1, 0.15) is 11.1 Å². The monoisotopic (exact) mass is 342 g/mol. The number of fused-ring (bicyclic) bond motifs is 1. The van der Waals surface area contributed by atoms with Crippen molar-refractivity contribution in [2.45, 2.75) is 13.2 Å². The van der Waals surface area contributed by atoms with E-state index >= 15 is 0 Å². The summed E-state index contributed by atoms with van der Waals surface area (Å²) < 4.78 is 11.2. The molecular weight excluding hydrogens is 324 g/mol. The molecule has 1 aromatic heterocycles. The summed E-state index contributed by atoms with van der Waals surface area (Å²) in [6.45, 7) is 1.05. The summed E-state index contributed by atoms with van der Waals surface area (Å²) in [5, 5.41) is 4.89. The standard InChI is InChI=1S/C19H19ClN2O2/c1-21-11-15-9-13-7-8-16(23-2)10-18(13)22-19(15)24-12-14-5-3-4-6-17(14)20/h3-10,21H,11-12H2,1-2H3. The van der Waals surface area contributed by atoms with Gasteiger partial charge in [-0.1, -0.05) is 29.8 Å². The molecule has 2 aromatic carbocycles. The van der Waals surface area contributed by atoms with Crippen LogP contribution in [0.3, 0.4) is 0 Å². The Morgan fingerprint density at radius 3 is 2.67 bits per heavy atom. The summed E-state index contributed by atoms with van der Waals surface area (Å²) in [6.07, 6.45) is 0. The molecule has 0 fully saturated rings. The van der Waals surface area contributed by atoms with Crippen LogP contribution in [0.4, 0.5) is 0 Å². The highest BCUT2D eigenvalue weighted by molar-refractivity contribution is 6.31. The molecular formula is C19H19ClN2O2. The largest absolute Gasteiger partial charge is 0.497 e. The van der Waals surface area contributed by atoms with Gasteiger partial charge >= 0.3 is 0 Å². The highest BCUT2D eigenvalue weighted by Gasteiger charge is 2.10. The van der Waals surface area contributed by atoms with E-state index in [1.165, 1.54) is 0 Å². The zero-order valence-corrected chi connectivity index (χ0v) is 14.4. The van der Waals surface area contributed by atoms with Gasteiger partial charge in [-0.15, -0.1) is 0 Å². The first-order valence-electron chi connectivity index (χ1n) is 7.69. The van der Waals surface area contributed by atoms with Crippen molar-refractivity contribution >= 4 is 22.5 Å². The van der Waals surface area contributed by atoms with Gasteiger partial charge in [0.15, 0.2) is 0 Å². The number of pyridine rings is 1. The fourth-order valence-corrected chi connectivity index (χ4v) is 2.69. The zero-order chi connectivity index (χ0) is 16.9. The van der Waals surface area contributed by atoms with Gasteiger partial charge in [-0.25, -0.2) is 4.98 Å². The van der Waals surface area contributed by atoms with Crippen molar-refractivity contribution in [2.24, 2.45) is 0 Å². The van der Waals surface area contributed by atoms with Gasteiger partial charge in [-0.2, -0.15) is 0 Å². The molecule has 0 atom stereocenters. The van der Waals surface area contributed by atoms with Crippen molar-refractivity contribution in [1.29, 1.82) is 0 Å². The molecule has 0 saturated heterocycles. The number of benzene rings is 2. The molecule has 0 bridgehead atoms. The number of ether oxygens (including phenoxy) is 2. The molecule has 0 spiro atoms. The molecule has 0 saturated carbocycles. The van der Waals surface area contributed by atoms with Gasteiger partial charge in [-0.3, -0.25) is 0 Å². The predicted molar refractivity (Wildman–Crippen MR) is 96.8 cm³/mol. The molecule has 1 N–H and O–H groups in total. The maximum absolute atomic E-state index is 6.20. The molecule has 3 rings (SSSR count). The van der Waals surface area contributed by atoms with E-state index in [2.05, 4.69) is 16.4 Å². The van der Waals surface area contributed by atoms with Crippen LogP contribution in [0.15, 0.2) is 48.5 Å². The average Bonchev–Trinajstić information content (AvgIpc) is 2.61. The minimum atomic E-state index is 0.374. The van der Waals surface area contributed by atoms with E-state index in [9.17, 15) is 0 Å². The topological polar surface area (TPSA) is 43.4 Å². The fourth-order valence-electron chi connectivity index (χ4n) is 2.50. The third-order valence-electron chi connectivity index (χ3n) is 3.75. The average molecular weight is 343 g/mol. The Bertz CT molecular complexity index is 852. The molecule has 3 aromatic rings. The first kappa shape index (κ1) is 16.6. The lowest BCUT2D eigenvalue weighted by Gasteiger charge is -2.13. The quantitative estimate of drug-likeness (QED) is 0.729. The van der Waals surface area contributed by atoms with Crippen LogP contribution < -0.4 is 14.8 Å². The van der Waals surface area contributed by atoms with Crippen LogP contribution in [-0.4, -0.2) is 19.1 Å². The van der Waals surface area contributed by atoms with Crippen LogP contribution >= 0.6 is 11.6 Å². The van der Waals surface area contributed by atoms with Crippen LogP contribution in [-0.2, 0) is 13.2 Å². The van der Waals surface area contributed by atoms with E-state index in [1.807, 2.05) is 49.5 Å². The third kappa shape index (κ3) is 3.61. The molecule has 0 amide bonds. The van der Waals surface area contributed by atoms with E-state index in [0.29, 0.717) is 24.1 Å². The Kier molecular flexibility index (Phi) is 5.18. The van der Waals surface area contributed by atoms with Crippen LogP contribution in [0.5, 0.6) is 11.6 Å². The zero-order valence-electron chi connectivity index (χ0n) is 13.7. The van der Waals surface area contributed by atoms with Crippen LogP contribution in [0.2, 0.25) is 5.02 Å². The van der Waals surface area contributed by atoms with E-state index in [1.54, 1.807) is 7.11 Å². The SMILES string of the molecule is CNCc1cc2ccc(OC)cc2nc1OCc1ccccc1Cl. The maximum atomic E-state index is 6.20. The molecule has 0 aliphatic carbocycles. The Hall–Kier alpha value is -2.30. The summed E-state index contributed by atoms with van der Waals surface area (Å²) in [7, 11) is 3.54. The van der Waals surface area contributed by atoms with Crippen molar-refractivity contribution in [3.05, 3.63) is 64.7 Å². The Balaban J connectivity index is 1.94. The highest BCUT2D eigenvalue weighted by atomic mass is 35.5. The second-order valence-corrected chi connectivity index (χ2v) is 5.83. The Morgan fingerprint density at radius 2 is 1.92 bits per heavy atom. The lowest BCUT2D eigenvalue weighted by atomic mass is 10.1. The smallest absolute Gasteiger partial charge is 0.218 e. The first-order valence-corrected chi connectivity index (χ1v) is 8.07. The first-order chi connectivity index (χ1) is 11.7. The van der Waals surface area contributed by atoms with Crippen molar-refractivity contribution in [2.75, 3.05) is 14.2 Å². The molecule has 0 aliphatic rings. The molecule has 124 valence electrons. The van der Waals surface area contributed by atoms with Gasteiger partial charge in [0, 0.05) is 34.1 Å². The van der Waals surface area contributed by atoms with Crippen LogP contribution in [0.25, 0.3) is 10.9 Å². The number of aromatic nitrogens is 1. The number of hydrogen-bond acceptors (Lipinski definition) is 4. The number of methoxy groups -OCH3 is 1. The lowest BCUT2D eigenvalue weighted by Crippen LogP contribution is -2.09. The summed E-state index contributed by atoms with van der Waals surface area (Å²) >= 11 is 6.20. The Morgan fingerprint density at radius 1 is 1.08 bits per heavy atom. The van der Waals surface area contributed by atoms with Gasteiger partial charge in [0.2, 0.25) is 5.88 Å². The highest BCUT2D eigenvalue weighted by Crippen LogP contribution is 2.27. The van der Waals surface area contributed by atoms with Gasteiger partial charge in [0.1, 0.15) is 12.4 Å². The summed E-state index contributed by atoms with van der Waals surface area (Å²) in [5.74, 6) is 1.37. The second-order valence-electron chi connectivity index (χ2n) is 5.42. The van der Waals surface area contributed by atoms with Crippen molar-refractivity contribution in [1.82, 2.24) is 10.3 Å². The van der Waals surface area contributed by atoms with Crippen molar-refractivity contribution in [3.63, 3.8) is 0 Å². The van der Waals surface area contributed by atoms with Crippen molar-refractivity contribution in [3.8, 4) is 11.6 Å². The van der Waals surface area contributed by atoms with Gasteiger partial charge in [-0.05, 0) is 31.3 Å². The number of halogens is 1. The van der Waals surface area contributed by atoms with Gasteiger partial charge in [0.25, 0.3) is 0 Å². The minimum Gasteiger partial charge on any atom is -0.497 e. The number of rotatable bonds is 6. The van der Waals surface area contributed by atoms with Crippen LogP contribution in [0, 0.1) is 0 Å². The molecule has 0 unspecified atom stereocenters. The number of hydrogen-bond donors (Lipinski definition) is 1. The molecule has 5 heteroatoms. The number of nitrogens with one attached hydrogen (secondary N) is 1.